The fraction of sp³-hybridized carbons (Fsp3) is 0.500. The molecule has 0 saturated carbocycles. The van der Waals surface area contributed by atoms with E-state index in [0.29, 0.717) is 12.5 Å². The second-order valence-corrected chi connectivity index (χ2v) is 17.4. The summed E-state index contributed by atoms with van der Waals surface area (Å²) >= 11 is -0.139. The Balaban J connectivity index is 0.000000892. The topological polar surface area (TPSA) is 35.2 Å². The van der Waals surface area contributed by atoms with Gasteiger partial charge in [-0.1, -0.05) is 95.3 Å². The van der Waals surface area contributed by atoms with Crippen molar-refractivity contribution in [3.63, 3.8) is 0 Å². The lowest BCUT2D eigenvalue weighted by atomic mass is 10.1. The fourth-order valence-electron chi connectivity index (χ4n) is 3.18. The zero-order valence-corrected chi connectivity index (χ0v) is 21.4. The Hall–Kier alpha value is -0.891. The predicted molar refractivity (Wildman–Crippen MR) is 130 cm³/mol. The van der Waals surface area contributed by atoms with Gasteiger partial charge in [-0.05, 0) is 21.3 Å². The van der Waals surface area contributed by atoms with Crippen LogP contribution in [-0.4, -0.2) is 35.1 Å². The van der Waals surface area contributed by atoms with Gasteiger partial charge >= 0.3 is 0 Å². The molecule has 0 amide bonds. The highest BCUT2D eigenvalue weighted by Crippen LogP contribution is 2.36. The van der Waals surface area contributed by atoms with Gasteiger partial charge in [0.15, 0.2) is 0 Å². The van der Waals surface area contributed by atoms with Crippen LogP contribution in [0.2, 0.25) is 22.4 Å². The van der Waals surface area contributed by atoms with Crippen molar-refractivity contribution in [3.05, 3.63) is 60.7 Å². The minimum Gasteiger partial charge on any atom is -0.406 e. The maximum atomic E-state index is 6.80. The molecule has 2 aromatic carbocycles. The van der Waals surface area contributed by atoms with Crippen LogP contribution in [0.25, 0.3) is 0 Å². The molecular weight excluding hydrogens is 373 g/mol. The van der Waals surface area contributed by atoms with E-state index in [1.807, 2.05) is 0 Å². The lowest BCUT2D eigenvalue weighted by Gasteiger charge is -2.43. The Morgan fingerprint density at radius 2 is 1.21 bits per heavy atom. The fourth-order valence-corrected chi connectivity index (χ4v) is 7.77. The first-order chi connectivity index (χ1) is 13.0. The van der Waals surface area contributed by atoms with Gasteiger partial charge in [0.25, 0.3) is 22.5 Å². The van der Waals surface area contributed by atoms with Crippen LogP contribution in [0, 0.1) is 5.92 Å². The van der Waals surface area contributed by atoms with Crippen molar-refractivity contribution in [1.29, 1.82) is 0 Å². The van der Waals surface area contributed by atoms with E-state index in [9.17, 15) is 0 Å². The summed E-state index contributed by atoms with van der Waals surface area (Å²) in [5, 5.41) is 2.62. The van der Waals surface area contributed by atoms with Crippen molar-refractivity contribution >= 4 is 32.8 Å². The van der Waals surface area contributed by atoms with E-state index >= 15 is 0 Å². The third-order valence-corrected chi connectivity index (χ3v) is 9.77. The second kappa shape index (κ2) is 11.3. The maximum absolute atomic E-state index is 6.80. The molecule has 0 spiro atoms. The highest BCUT2D eigenvalue weighted by molar-refractivity contribution is 6.99. The molecule has 1 atom stereocenters. The molecule has 0 heterocycles. The van der Waals surface area contributed by atoms with Gasteiger partial charge in [-0.3, -0.25) is 0 Å². The van der Waals surface area contributed by atoms with Crippen LogP contribution < -0.4 is 16.1 Å². The first-order valence-electron chi connectivity index (χ1n) is 10.5. The molecule has 0 bridgehead atoms. The van der Waals surface area contributed by atoms with Gasteiger partial charge in [0.2, 0.25) is 0 Å². The molecule has 2 rings (SSSR count). The first kappa shape index (κ1) is 25.1. The molecule has 2 aromatic rings. The molecule has 0 aliphatic carbocycles. The minimum atomic E-state index is -2.44. The largest absolute Gasteiger partial charge is 0.406 e. The summed E-state index contributed by atoms with van der Waals surface area (Å²) < 4.78 is 6.80. The molecule has 0 aromatic heterocycles. The Labute approximate surface area is 179 Å². The van der Waals surface area contributed by atoms with Crippen molar-refractivity contribution < 1.29 is 4.43 Å². The third-order valence-electron chi connectivity index (χ3n) is 4.77. The average Bonchev–Trinajstić information content (AvgIpc) is 2.62. The number of rotatable bonds is 6. The predicted octanol–water partition coefficient (Wildman–Crippen LogP) is 4.92. The third kappa shape index (κ3) is 6.86. The monoisotopic (exact) mass is 413 g/mol. The molecule has 0 aliphatic rings. The molecular formula is C24H40AlNOSi. The van der Waals surface area contributed by atoms with Gasteiger partial charge in [-0.25, -0.2) is 0 Å². The van der Waals surface area contributed by atoms with Crippen molar-refractivity contribution in [2.75, 3.05) is 6.61 Å². The lowest BCUT2D eigenvalue weighted by molar-refractivity contribution is 0.245. The Morgan fingerprint density at radius 3 is 1.50 bits per heavy atom. The van der Waals surface area contributed by atoms with Crippen molar-refractivity contribution in [2.45, 2.75) is 63.1 Å². The van der Waals surface area contributed by atoms with Crippen LogP contribution >= 0.6 is 0 Å². The van der Waals surface area contributed by atoms with Crippen molar-refractivity contribution in [3.8, 4) is 0 Å². The molecule has 2 N–H and O–H groups in total. The molecule has 154 valence electrons. The number of nitrogens with two attached hydrogens (primary N) is 1. The van der Waals surface area contributed by atoms with E-state index in [-0.39, 0.29) is 25.2 Å². The van der Waals surface area contributed by atoms with E-state index in [1.54, 1.807) is 0 Å². The average molecular weight is 414 g/mol. The van der Waals surface area contributed by atoms with Crippen molar-refractivity contribution in [1.82, 2.24) is 0 Å². The lowest BCUT2D eigenvalue weighted by Crippen LogP contribution is -2.67. The molecule has 0 aliphatic heterocycles. The Kier molecular flexibility index (Phi) is 10.2. The molecule has 2 nitrogen and oxygen atoms in total. The zero-order valence-electron chi connectivity index (χ0n) is 19.2. The van der Waals surface area contributed by atoms with Gasteiger partial charge in [0.1, 0.15) is 0 Å². The molecule has 0 fully saturated rings. The minimum absolute atomic E-state index is 0.00636. The summed E-state index contributed by atoms with van der Waals surface area (Å²) in [6.07, 6.45) is 0. The van der Waals surface area contributed by atoms with Gasteiger partial charge in [0, 0.05) is 6.04 Å². The Morgan fingerprint density at radius 1 is 0.857 bits per heavy atom. The van der Waals surface area contributed by atoms with E-state index in [1.165, 1.54) is 10.4 Å². The number of hydrogen-bond donors (Lipinski definition) is 1. The molecule has 0 radical (unpaired) electrons. The highest BCUT2D eigenvalue weighted by atomic mass is 28.4. The first-order valence-corrected chi connectivity index (χ1v) is 15.9. The van der Waals surface area contributed by atoms with Gasteiger partial charge < -0.3 is 10.2 Å². The molecule has 0 unspecified atom stereocenters. The van der Waals surface area contributed by atoms with Crippen LogP contribution in [0.5, 0.6) is 0 Å². The number of hydrogen-bond acceptors (Lipinski definition) is 2. The van der Waals surface area contributed by atoms with Crippen LogP contribution in [0.3, 0.4) is 0 Å². The highest BCUT2D eigenvalue weighted by Gasteiger charge is 2.50. The SMILES string of the molecule is CC(C)[C@H](N)CO[Si](c1ccccc1)(c1ccccc1)C(C)(C)C.[CH3][Al]([CH3])[CH3]. The molecule has 0 saturated heterocycles. The Bertz CT molecular complexity index is 626. The van der Waals surface area contributed by atoms with Gasteiger partial charge in [-0.15, -0.1) is 17.4 Å². The van der Waals surface area contributed by atoms with Crippen LogP contribution in [0.1, 0.15) is 34.6 Å². The van der Waals surface area contributed by atoms with E-state index < -0.39 is 8.32 Å². The van der Waals surface area contributed by atoms with E-state index in [0.717, 1.165) is 0 Å². The summed E-state index contributed by atoms with van der Waals surface area (Å²) in [5.74, 6) is 7.32. The van der Waals surface area contributed by atoms with E-state index in [2.05, 4.69) is 113 Å². The number of benzene rings is 2. The summed E-state index contributed by atoms with van der Waals surface area (Å²) in [7, 11) is -2.44. The smallest absolute Gasteiger partial charge is 0.261 e. The normalized spacial score (nSPS) is 12.9. The van der Waals surface area contributed by atoms with Crippen LogP contribution in [0.4, 0.5) is 0 Å². The van der Waals surface area contributed by atoms with E-state index in [4.69, 9.17) is 10.2 Å². The van der Waals surface area contributed by atoms with Crippen LogP contribution in [-0.2, 0) is 4.43 Å². The standard InChI is InChI=1S/C21H31NOSi.3CH3.Al/c1-17(2)20(22)16-23-24(21(3,4)5,18-12-8-6-9-13-18)19-14-10-7-11-15-19;;;;/h6-15,17,20H,16,22H2,1-5H3;3*1H3;/t20-;;;;/m1..../s1. The van der Waals surface area contributed by atoms with Gasteiger partial charge in [0.05, 0.1) is 6.61 Å². The maximum Gasteiger partial charge on any atom is 0.261 e. The molecule has 28 heavy (non-hydrogen) atoms. The summed E-state index contributed by atoms with van der Waals surface area (Å²) in [5.41, 5.74) is 6.32. The molecule has 4 heteroatoms. The summed E-state index contributed by atoms with van der Waals surface area (Å²) in [4.78, 5) is 0. The summed E-state index contributed by atoms with van der Waals surface area (Å²) in [6, 6.07) is 21.5. The summed E-state index contributed by atoms with van der Waals surface area (Å²) in [6.45, 7) is 11.8. The zero-order chi connectivity index (χ0) is 21.4. The van der Waals surface area contributed by atoms with Gasteiger partial charge in [-0.2, -0.15) is 0 Å². The van der Waals surface area contributed by atoms with Crippen LogP contribution in [0.15, 0.2) is 60.7 Å². The van der Waals surface area contributed by atoms with Crippen molar-refractivity contribution in [2.24, 2.45) is 11.7 Å². The quantitative estimate of drug-likeness (QED) is 0.683. The second-order valence-electron chi connectivity index (χ2n) is 9.61.